The van der Waals surface area contributed by atoms with E-state index in [1.165, 1.54) is 5.56 Å². The molecule has 0 fully saturated rings. The Morgan fingerprint density at radius 3 is 1.81 bits per heavy atom. The highest BCUT2D eigenvalue weighted by Gasteiger charge is 2.14. The fraction of sp³-hybridized carbons (Fsp3) is 0.192. The third-order valence-corrected chi connectivity index (χ3v) is 5.26. The van der Waals surface area contributed by atoms with Gasteiger partial charge in [0.25, 0.3) is 11.8 Å². The van der Waals surface area contributed by atoms with Gasteiger partial charge in [0.05, 0.1) is 5.71 Å². The van der Waals surface area contributed by atoms with E-state index in [4.69, 9.17) is 11.6 Å². The summed E-state index contributed by atoms with van der Waals surface area (Å²) in [6, 6.07) is 21.4. The summed E-state index contributed by atoms with van der Waals surface area (Å²) in [5.41, 5.74) is 6.88. The van der Waals surface area contributed by atoms with E-state index in [1.54, 1.807) is 43.3 Å². The topological polar surface area (TPSA) is 70.6 Å². The van der Waals surface area contributed by atoms with Gasteiger partial charge >= 0.3 is 0 Å². The summed E-state index contributed by atoms with van der Waals surface area (Å²) in [7, 11) is 0. The van der Waals surface area contributed by atoms with Gasteiger partial charge in [-0.15, -0.1) is 0 Å². The lowest BCUT2D eigenvalue weighted by atomic mass is 9.87. The molecule has 2 N–H and O–H groups in total. The van der Waals surface area contributed by atoms with Crippen LogP contribution in [0.25, 0.3) is 0 Å². The minimum atomic E-state index is -0.339. The smallest absolute Gasteiger partial charge is 0.271 e. The minimum absolute atomic E-state index is 0.0306. The molecule has 0 aliphatic heterocycles. The zero-order chi connectivity index (χ0) is 23.3. The number of carbonyl (C=O) groups is 2. The molecule has 0 aliphatic carbocycles. The molecule has 0 aromatic heterocycles. The molecule has 0 heterocycles. The largest absolute Gasteiger partial charge is 0.322 e. The van der Waals surface area contributed by atoms with Gasteiger partial charge < -0.3 is 5.32 Å². The van der Waals surface area contributed by atoms with Crippen LogP contribution < -0.4 is 10.7 Å². The molecule has 32 heavy (non-hydrogen) atoms. The maximum Gasteiger partial charge on any atom is 0.271 e. The molecule has 0 aliphatic rings. The molecule has 0 saturated carbocycles. The molecule has 0 saturated heterocycles. The molecular weight excluding hydrogens is 422 g/mol. The Labute approximate surface area is 193 Å². The molecule has 0 unspecified atom stereocenters. The van der Waals surface area contributed by atoms with Gasteiger partial charge in [-0.25, -0.2) is 5.43 Å². The SMILES string of the molecule is C/C(=N\NC(=O)c1ccc(NC(=O)c2ccc(C(C)(C)C)cc2)cc1)c1ccc(Cl)cc1. The normalized spacial score (nSPS) is 11.7. The Morgan fingerprint density at radius 1 is 0.750 bits per heavy atom. The second kappa shape index (κ2) is 9.79. The van der Waals surface area contributed by atoms with Crippen LogP contribution in [0.15, 0.2) is 77.9 Å². The molecule has 0 spiro atoms. The van der Waals surface area contributed by atoms with Crippen LogP contribution in [0.3, 0.4) is 0 Å². The number of hydrazone groups is 1. The highest BCUT2D eigenvalue weighted by molar-refractivity contribution is 6.30. The van der Waals surface area contributed by atoms with Crippen molar-refractivity contribution in [3.8, 4) is 0 Å². The van der Waals surface area contributed by atoms with Gasteiger partial charge in [-0.05, 0) is 72.0 Å². The van der Waals surface area contributed by atoms with E-state index in [9.17, 15) is 9.59 Å². The van der Waals surface area contributed by atoms with Gasteiger partial charge in [0.15, 0.2) is 0 Å². The number of nitrogens with zero attached hydrogens (tertiary/aromatic N) is 1. The molecular formula is C26H26ClN3O2. The van der Waals surface area contributed by atoms with Gasteiger partial charge in [0, 0.05) is 21.8 Å². The third-order valence-electron chi connectivity index (χ3n) is 5.01. The zero-order valence-corrected chi connectivity index (χ0v) is 19.3. The van der Waals surface area contributed by atoms with Crippen LogP contribution >= 0.6 is 11.6 Å². The van der Waals surface area contributed by atoms with Crippen molar-refractivity contribution in [2.75, 3.05) is 5.32 Å². The van der Waals surface area contributed by atoms with Crippen LogP contribution in [0.2, 0.25) is 5.02 Å². The highest BCUT2D eigenvalue weighted by Crippen LogP contribution is 2.22. The summed E-state index contributed by atoms with van der Waals surface area (Å²) >= 11 is 5.89. The van der Waals surface area contributed by atoms with E-state index < -0.39 is 0 Å². The van der Waals surface area contributed by atoms with Crippen LogP contribution in [-0.4, -0.2) is 17.5 Å². The second-order valence-electron chi connectivity index (χ2n) is 8.50. The summed E-state index contributed by atoms with van der Waals surface area (Å²) in [5, 5.41) is 7.63. The van der Waals surface area contributed by atoms with Crippen molar-refractivity contribution in [2.45, 2.75) is 33.1 Å². The van der Waals surface area contributed by atoms with E-state index in [1.807, 2.05) is 36.4 Å². The maximum absolute atomic E-state index is 12.5. The zero-order valence-electron chi connectivity index (χ0n) is 18.6. The van der Waals surface area contributed by atoms with Crippen molar-refractivity contribution in [1.82, 2.24) is 5.43 Å². The van der Waals surface area contributed by atoms with Gasteiger partial charge in [0.1, 0.15) is 0 Å². The van der Waals surface area contributed by atoms with Crippen LogP contribution in [0.4, 0.5) is 5.69 Å². The minimum Gasteiger partial charge on any atom is -0.322 e. The molecule has 0 bridgehead atoms. The average Bonchev–Trinajstić information content (AvgIpc) is 2.77. The van der Waals surface area contributed by atoms with E-state index in [0.29, 0.717) is 27.5 Å². The number of benzene rings is 3. The lowest BCUT2D eigenvalue weighted by Gasteiger charge is -2.19. The van der Waals surface area contributed by atoms with Gasteiger partial charge in [0.2, 0.25) is 0 Å². The molecule has 3 aromatic rings. The molecule has 5 nitrogen and oxygen atoms in total. The first-order valence-electron chi connectivity index (χ1n) is 10.3. The second-order valence-corrected chi connectivity index (χ2v) is 8.94. The number of nitrogens with one attached hydrogen (secondary N) is 2. The summed E-state index contributed by atoms with van der Waals surface area (Å²) in [4.78, 5) is 24.9. The lowest BCUT2D eigenvalue weighted by Crippen LogP contribution is -2.19. The highest BCUT2D eigenvalue weighted by atomic mass is 35.5. The van der Waals surface area contributed by atoms with E-state index in [-0.39, 0.29) is 17.2 Å². The molecule has 2 amide bonds. The molecule has 0 atom stereocenters. The standard InChI is InChI=1S/C26H26ClN3O2/c1-17(18-7-13-22(27)14-8-18)29-30-25(32)20-9-15-23(16-10-20)28-24(31)19-5-11-21(12-6-19)26(2,3)4/h5-16H,1-4H3,(H,28,31)(H,30,32)/b29-17+. The van der Waals surface area contributed by atoms with E-state index >= 15 is 0 Å². The van der Waals surface area contributed by atoms with Gasteiger partial charge in [-0.1, -0.05) is 56.6 Å². The van der Waals surface area contributed by atoms with Crippen molar-refractivity contribution in [3.63, 3.8) is 0 Å². The monoisotopic (exact) mass is 447 g/mol. The molecule has 3 rings (SSSR count). The lowest BCUT2D eigenvalue weighted by molar-refractivity contribution is 0.0954. The number of halogens is 1. The fourth-order valence-corrected chi connectivity index (χ4v) is 3.11. The Morgan fingerprint density at radius 2 is 1.25 bits per heavy atom. The van der Waals surface area contributed by atoms with Crippen molar-refractivity contribution >= 4 is 34.8 Å². The van der Waals surface area contributed by atoms with E-state index in [2.05, 4.69) is 36.6 Å². The van der Waals surface area contributed by atoms with Crippen LogP contribution in [-0.2, 0) is 5.41 Å². The fourth-order valence-electron chi connectivity index (χ4n) is 2.98. The van der Waals surface area contributed by atoms with Crippen molar-refractivity contribution in [1.29, 1.82) is 0 Å². The van der Waals surface area contributed by atoms with Crippen molar-refractivity contribution in [3.05, 3.63) is 100 Å². The number of hydrogen-bond donors (Lipinski definition) is 2. The van der Waals surface area contributed by atoms with Gasteiger partial charge in [-0.3, -0.25) is 9.59 Å². The Hall–Kier alpha value is -3.44. The number of amides is 2. The summed E-state index contributed by atoms with van der Waals surface area (Å²) in [6.07, 6.45) is 0. The maximum atomic E-state index is 12.5. The van der Waals surface area contributed by atoms with Crippen LogP contribution in [0.1, 0.15) is 59.5 Å². The first kappa shape index (κ1) is 23.2. The summed E-state index contributed by atoms with van der Waals surface area (Å²) < 4.78 is 0. The Balaban J connectivity index is 1.60. The summed E-state index contributed by atoms with van der Waals surface area (Å²) in [5.74, 6) is -0.542. The quantitative estimate of drug-likeness (QED) is 0.369. The molecule has 0 radical (unpaired) electrons. The molecule has 3 aromatic carbocycles. The van der Waals surface area contributed by atoms with Crippen LogP contribution in [0, 0.1) is 0 Å². The van der Waals surface area contributed by atoms with Crippen LogP contribution in [0.5, 0.6) is 0 Å². The Bertz CT molecular complexity index is 1130. The van der Waals surface area contributed by atoms with E-state index in [0.717, 1.165) is 5.56 Å². The average molecular weight is 448 g/mol. The molecule has 6 heteroatoms. The Kier molecular flexibility index (Phi) is 7.11. The number of carbonyl (C=O) groups excluding carboxylic acids is 2. The number of hydrogen-bond acceptors (Lipinski definition) is 3. The first-order valence-corrected chi connectivity index (χ1v) is 10.6. The summed E-state index contributed by atoms with van der Waals surface area (Å²) in [6.45, 7) is 8.19. The predicted octanol–water partition coefficient (Wildman–Crippen LogP) is 6.04. The van der Waals surface area contributed by atoms with Crippen molar-refractivity contribution in [2.24, 2.45) is 5.10 Å². The predicted molar refractivity (Wildman–Crippen MR) is 131 cm³/mol. The van der Waals surface area contributed by atoms with Crippen molar-refractivity contribution < 1.29 is 9.59 Å². The molecule has 164 valence electrons. The van der Waals surface area contributed by atoms with Gasteiger partial charge in [-0.2, -0.15) is 5.10 Å². The number of rotatable bonds is 5. The number of anilines is 1. The third kappa shape index (κ3) is 6.05. The first-order chi connectivity index (χ1) is 15.1.